The molecule has 36 heavy (non-hydrogen) atoms. The van der Waals surface area contributed by atoms with Gasteiger partial charge in [0.25, 0.3) is 0 Å². The molecule has 1 aliphatic heterocycles. The van der Waals surface area contributed by atoms with E-state index < -0.39 is 0 Å². The molecule has 0 bridgehead atoms. The van der Waals surface area contributed by atoms with Crippen molar-refractivity contribution in [2.24, 2.45) is 0 Å². The second-order valence-corrected chi connectivity index (χ2v) is 12.2. The lowest BCUT2D eigenvalue weighted by molar-refractivity contribution is -0.711. The third-order valence-corrected chi connectivity index (χ3v) is 8.64. The van der Waals surface area contributed by atoms with Gasteiger partial charge in [0.15, 0.2) is 12.0 Å². The van der Waals surface area contributed by atoms with Crippen LogP contribution in [0.2, 0.25) is 0 Å². The summed E-state index contributed by atoms with van der Waals surface area (Å²) in [5.74, 6) is 0.262. The van der Waals surface area contributed by atoms with Crippen LogP contribution in [0.3, 0.4) is 0 Å². The van der Waals surface area contributed by atoms with Crippen LogP contribution in [0.4, 0.5) is 0 Å². The average molecular weight is 479 g/mol. The normalized spacial score (nSPS) is 19.6. The number of allylic oxidation sites excluding steroid dienone is 1. The first-order chi connectivity index (χ1) is 17.1. The molecular weight excluding hydrogens is 442 g/mol. The maximum absolute atomic E-state index is 11.0. The summed E-state index contributed by atoms with van der Waals surface area (Å²) in [7, 11) is 1.75. The lowest BCUT2D eigenvalue weighted by Gasteiger charge is -2.40. The molecule has 2 heterocycles. The minimum atomic E-state index is -0.248. The molecule has 1 N–H and O–H groups in total. The highest BCUT2D eigenvalue weighted by molar-refractivity contribution is 6.05. The molecule has 0 amide bonds. The topological polar surface area (TPSA) is 33.3 Å². The first kappa shape index (κ1) is 23.2. The number of hydrogen-bond donors (Lipinski definition) is 1. The van der Waals surface area contributed by atoms with E-state index in [1.807, 2.05) is 0 Å². The van der Waals surface area contributed by atoms with Crippen LogP contribution in [0.5, 0.6) is 0 Å². The molecule has 0 fully saturated rings. The third kappa shape index (κ3) is 3.05. The van der Waals surface area contributed by atoms with E-state index in [-0.39, 0.29) is 28.5 Å². The number of aliphatic hydroxyl groups is 1. The number of nitrogens with zero attached hydrogens (tertiary/aromatic N) is 1. The lowest BCUT2D eigenvalue weighted by atomic mass is 9.64. The number of ether oxygens (including phenoxy) is 1. The molecule has 2 unspecified atom stereocenters. The van der Waals surface area contributed by atoms with Crippen LogP contribution in [0.1, 0.15) is 75.3 Å². The summed E-state index contributed by atoms with van der Waals surface area (Å²) in [5, 5.41) is 16.1. The number of rotatable bonds is 4. The number of methoxy groups -OCH3 is 1. The predicted octanol–water partition coefficient (Wildman–Crippen LogP) is 7.63. The van der Waals surface area contributed by atoms with E-state index >= 15 is 0 Å². The molecule has 0 saturated carbocycles. The largest absolute Gasteiger partial charge is 0.506 e. The van der Waals surface area contributed by atoms with Crippen molar-refractivity contribution in [2.75, 3.05) is 13.7 Å². The molecule has 3 aromatic carbocycles. The maximum Gasteiger partial charge on any atom is 0.222 e. The zero-order valence-corrected chi connectivity index (χ0v) is 22.3. The van der Waals surface area contributed by atoms with Crippen molar-refractivity contribution in [1.82, 2.24) is 0 Å². The Bertz CT molecular complexity index is 1570. The molecule has 4 aromatic rings. The Morgan fingerprint density at radius 2 is 1.81 bits per heavy atom. The molecule has 0 spiro atoms. The first-order valence-corrected chi connectivity index (χ1v) is 13.0. The Kier molecular flexibility index (Phi) is 4.95. The van der Waals surface area contributed by atoms with E-state index in [9.17, 15) is 5.11 Å². The highest BCUT2D eigenvalue weighted by Crippen LogP contribution is 2.56. The number of benzene rings is 3. The van der Waals surface area contributed by atoms with Crippen LogP contribution in [0.25, 0.3) is 32.8 Å². The fraction of sp³-hybridized carbons (Fsp3) is 0.364. The molecule has 0 radical (unpaired) electrons. The zero-order valence-electron chi connectivity index (χ0n) is 22.3. The summed E-state index contributed by atoms with van der Waals surface area (Å²) in [6.07, 6.45) is 2.97. The fourth-order valence-electron chi connectivity index (χ4n) is 6.78. The van der Waals surface area contributed by atoms with Gasteiger partial charge in [-0.25, -0.2) is 0 Å². The van der Waals surface area contributed by atoms with E-state index in [2.05, 4.69) is 100 Å². The van der Waals surface area contributed by atoms with E-state index in [1.165, 1.54) is 55.1 Å². The van der Waals surface area contributed by atoms with Crippen molar-refractivity contribution < 1.29 is 14.4 Å². The molecule has 184 valence electrons. The van der Waals surface area contributed by atoms with E-state index in [4.69, 9.17) is 4.74 Å². The van der Waals surface area contributed by atoms with Crippen LogP contribution in [0.15, 0.2) is 67.1 Å². The monoisotopic (exact) mass is 478 g/mol. The van der Waals surface area contributed by atoms with Crippen molar-refractivity contribution in [3.05, 3.63) is 89.3 Å². The molecule has 2 atom stereocenters. The second-order valence-electron chi connectivity index (χ2n) is 12.2. The standard InChI is InChI=1S/C33H35NO2/c1-19(35)30-24(13-15-36-7)28-23-11-9-8-10-20(23)17-25-29(28)31-27-21(12-14-34(30)31)16-22(32(2,3)4)18-26(27)33(25,5)6/h8-12,14,16-18,24,30H,1,13,15H2,2-7H3/p+1. The fourth-order valence-corrected chi connectivity index (χ4v) is 6.78. The number of hydrogen-bond acceptors (Lipinski definition) is 2. The summed E-state index contributed by atoms with van der Waals surface area (Å²) >= 11 is 0. The van der Waals surface area contributed by atoms with Gasteiger partial charge in [-0.15, -0.1) is 0 Å². The molecule has 1 aromatic heterocycles. The van der Waals surface area contributed by atoms with Crippen molar-refractivity contribution >= 4 is 21.5 Å². The van der Waals surface area contributed by atoms with Gasteiger partial charge in [0.05, 0.1) is 16.9 Å². The SMILES string of the molecule is C=C(O)C1C(CCOC)c2c3c(cc4ccccc24)C(C)(C)c2cc(C(C)(C)C)cc4cc[n+]1c-3c24. The smallest absolute Gasteiger partial charge is 0.222 e. The highest BCUT2D eigenvalue weighted by atomic mass is 16.5. The molecule has 3 heteroatoms. The minimum Gasteiger partial charge on any atom is -0.506 e. The number of pyridine rings is 1. The Balaban J connectivity index is 1.84. The maximum atomic E-state index is 11.0. The molecule has 6 rings (SSSR count). The van der Waals surface area contributed by atoms with E-state index in [0.717, 1.165) is 6.42 Å². The summed E-state index contributed by atoms with van der Waals surface area (Å²) in [6, 6.07) is 17.9. The van der Waals surface area contributed by atoms with Crippen molar-refractivity contribution in [1.29, 1.82) is 0 Å². The van der Waals surface area contributed by atoms with Gasteiger partial charge >= 0.3 is 0 Å². The predicted molar refractivity (Wildman–Crippen MR) is 148 cm³/mol. The summed E-state index contributed by atoms with van der Waals surface area (Å²) in [4.78, 5) is 0. The van der Waals surface area contributed by atoms with Gasteiger partial charge in [-0.2, -0.15) is 4.57 Å². The van der Waals surface area contributed by atoms with Crippen LogP contribution >= 0.6 is 0 Å². The van der Waals surface area contributed by atoms with Gasteiger partial charge in [0.2, 0.25) is 11.7 Å². The molecule has 1 aliphatic carbocycles. The number of aromatic nitrogens is 1. The minimum absolute atomic E-state index is 0.0474. The van der Waals surface area contributed by atoms with Crippen LogP contribution in [-0.4, -0.2) is 18.8 Å². The molecule has 2 aliphatic rings. The van der Waals surface area contributed by atoms with Gasteiger partial charge in [-0.3, -0.25) is 0 Å². The van der Waals surface area contributed by atoms with Gasteiger partial charge in [0, 0.05) is 25.2 Å². The van der Waals surface area contributed by atoms with Crippen molar-refractivity contribution in [2.45, 2.75) is 63.8 Å². The molecule has 0 saturated heterocycles. The van der Waals surface area contributed by atoms with Crippen LogP contribution in [0, 0.1) is 0 Å². The second kappa shape index (κ2) is 7.66. The van der Waals surface area contributed by atoms with E-state index in [0.29, 0.717) is 6.61 Å². The number of aliphatic hydroxyl groups excluding tert-OH is 1. The first-order valence-electron chi connectivity index (χ1n) is 13.0. The summed E-state index contributed by atoms with van der Waals surface area (Å²) in [5.41, 5.74) is 7.82. The Morgan fingerprint density at radius 1 is 1.06 bits per heavy atom. The Hall–Kier alpha value is -3.17. The molecular formula is C33H36NO2+. The number of fused-ring (bicyclic) bond motifs is 2. The Labute approximate surface area is 214 Å². The lowest BCUT2D eigenvalue weighted by Crippen LogP contribution is -2.50. The van der Waals surface area contributed by atoms with Crippen molar-refractivity contribution in [3.63, 3.8) is 0 Å². The van der Waals surface area contributed by atoms with Gasteiger partial charge in [-0.1, -0.05) is 77.6 Å². The zero-order chi connectivity index (χ0) is 25.6. The average Bonchev–Trinajstić information content (AvgIpc) is 2.83. The molecule has 3 nitrogen and oxygen atoms in total. The van der Waals surface area contributed by atoms with Crippen LogP contribution in [-0.2, 0) is 15.6 Å². The highest BCUT2D eigenvalue weighted by Gasteiger charge is 2.49. The quantitative estimate of drug-likeness (QED) is 0.242. The third-order valence-electron chi connectivity index (χ3n) is 8.64. The summed E-state index contributed by atoms with van der Waals surface area (Å²) in [6.45, 7) is 16.3. The summed E-state index contributed by atoms with van der Waals surface area (Å²) < 4.78 is 7.86. The van der Waals surface area contributed by atoms with Gasteiger partial charge < -0.3 is 9.84 Å². The van der Waals surface area contributed by atoms with Crippen LogP contribution < -0.4 is 4.57 Å². The Morgan fingerprint density at radius 3 is 2.50 bits per heavy atom. The van der Waals surface area contributed by atoms with Gasteiger partial charge in [0.1, 0.15) is 0 Å². The van der Waals surface area contributed by atoms with E-state index in [1.54, 1.807) is 7.11 Å². The van der Waals surface area contributed by atoms with Gasteiger partial charge in [-0.05, 0) is 56.3 Å². The van der Waals surface area contributed by atoms with Crippen molar-refractivity contribution in [3.8, 4) is 11.3 Å².